The lowest BCUT2D eigenvalue weighted by molar-refractivity contribution is -0.136. The Morgan fingerprint density at radius 3 is 2.19 bits per heavy atom. The van der Waals surface area contributed by atoms with Crippen LogP contribution in [0.2, 0.25) is 0 Å². The molecule has 2 fully saturated rings. The second-order valence-electron chi connectivity index (χ2n) is 15.5. The number of nitrogens with one attached hydrogen (secondary N) is 4. The minimum Gasteiger partial charge on any atom is -0.453 e. The molecule has 0 spiro atoms. The molecule has 3 aromatic heterocycles. The lowest BCUT2D eigenvalue weighted by atomic mass is 9.97. The van der Waals surface area contributed by atoms with Gasteiger partial charge in [0.15, 0.2) is 0 Å². The molecule has 14 nitrogen and oxygen atoms in total. The predicted octanol–water partition coefficient (Wildman–Crippen LogP) is 6.87. The summed E-state index contributed by atoms with van der Waals surface area (Å²) in [4.78, 5) is 65.0. The molecule has 3 amide bonds. The van der Waals surface area contributed by atoms with Gasteiger partial charge >= 0.3 is 6.09 Å². The predicted molar refractivity (Wildman–Crippen MR) is 219 cm³/mol. The van der Waals surface area contributed by atoms with E-state index in [9.17, 15) is 14.4 Å². The van der Waals surface area contributed by atoms with E-state index in [2.05, 4.69) is 64.8 Å². The SMILES string of the molecule is CC[C@@H](C)[C@H](NC(=O)OC)C(=O)N1CCC[C@H]1c1ncc(-c2ccc3cc(-c4ccc5nc([C@@H]6CCCN6C(=O)[C@@H](NCOC)[C@H](C)CC)[nH]c5c4)ncc3c2)[nH]1. The van der Waals surface area contributed by atoms with Gasteiger partial charge in [0, 0.05) is 42.9 Å². The van der Waals surface area contributed by atoms with Gasteiger partial charge in [0.2, 0.25) is 11.8 Å². The number of hydrogen-bond donors (Lipinski definition) is 4. The van der Waals surface area contributed by atoms with Crippen LogP contribution < -0.4 is 10.6 Å². The van der Waals surface area contributed by atoms with Crippen LogP contribution in [0.1, 0.15) is 90.0 Å². The number of alkyl carbamates (subject to hydrolysis) is 1. The van der Waals surface area contributed by atoms with E-state index < -0.39 is 12.1 Å². The Morgan fingerprint density at radius 1 is 0.807 bits per heavy atom. The molecule has 302 valence electrons. The van der Waals surface area contributed by atoms with Gasteiger partial charge in [0.1, 0.15) is 17.7 Å². The van der Waals surface area contributed by atoms with Crippen LogP contribution in [-0.2, 0) is 19.1 Å². The van der Waals surface area contributed by atoms with Crippen molar-refractivity contribution in [2.24, 2.45) is 11.8 Å². The summed E-state index contributed by atoms with van der Waals surface area (Å²) in [5.41, 5.74) is 5.39. The highest BCUT2D eigenvalue weighted by Gasteiger charge is 2.39. The molecule has 14 heteroatoms. The number of carbonyl (C=O) groups is 3. The van der Waals surface area contributed by atoms with E-state index in [-0.39, 0.29) is 41.8 Å². The Bertz CT molecular complexity index is 2220. The molecule has 4 N–H and O–H groups in total. The number of ether oxygens (including phenoxy) is 2. The Morgan fingerprint density at radius 2 is 1.49 bits per heavy atom. The lowest BCUT2D eigenvalue weighted by Crippen LogP contribution is -2.51. The van der Waals surface area contributed by atoms with E-state index in [1.165, 1.54) is 7.11 Å². The summed E-state index contributed by atoms with van der Waals surface area (Å²) in [6.45, 7) is 9.79. The molecule has 57 heavy (non-hydrogen) atoms. The van der Waals surface area contributed by atoms with Crippen molar-refractivity contribution in [1.82, 2.24) is 45.4 Å². The summed E-state index contributed by atoms with van der Waals surface area (Å²) in [7, 11) is 2.93. The van der Waals surface area contributed by atoms with Crippen LogP contribution in [0.15, 0.2) is 54.9 Å². The number of nitrogens with zero attached hydrogens (tertiary/aromatic N) is 5. The molecule has 0 bridgehead atoms. The highest BCUT2D eigenvalue weighted by Crippen LogP contribution is 2.36. The van der Waals surface area contributed by atoms with Crippen molar-refractivity contribution in [3.63, 3.8) is 0 Å². The first-order valence-electron chi connectivity index (χ1n) is 20.3. The third-order valence-electron chi connectivity index (χ3n) is 12.0. The molecule has 2 aliphatic rings. The Hall–Kier alpha value is -5.34. The molecule has 0 radical (unpaired) electrons. The van der Waals surface area contributed by atoms with Crippen LogP contribution in [0, 0.1) is 11.8 Å². The minimum atomic E-state index is -0.675. The van der Waals surface area contributed by atoms with Gasteiger partial charge in [-0.3, -0.25) is 19.9 Å². The van der Waals surface area contributed by atoms with Crippen LogP contribution in [0.3, 0.4) is 0 Å². The number of methoxy groups -OCH3 is 2. The molecule has 7 rings (SSSR count). The molecule has 6 atom stereocenters. The summed E-state index contributed by atoms with van der Waals surface area (Å²) in [5.74, 6) is 1.62. The van der Waals surface area contributed by atoms with Gasteiger partial charge in [-0.05, 0) is 67.2 Å². The third-order valence-corrected chi connectivity index (χ3v) is 12.0. The van der Waals surface area contributed by atoms with Crippen molar-refractivity contribution < 1.29 is 23.9 Å². The van der Waals surface area contributed by atoms with E-state index in [1.807, 2.05) is 48.2 Å². The third kappa shape index (κ3) is 8.24. The molecule has 2 saturated heterocycles. The summed E-state index contributed by atoms with van der Waals surface area (Å²) in [5, 5.41) is 8.09. The fraction of sp³-hybridized carbons (Fsp3) is 0.488. The van der Waals surface area contributed by atoms with Gasteiger partial charge in [-0.2, -0.15) is 0 Å². The number of rotatable bonds is 14. The monoisotopic (exact) mass is 777 g/mol. The van der Waals surface area contributed by atoms with Gasteiger partial charge < -0.3 is 34.6 Å². The number of hydrogen-bond acceptors (Lipinski definition) is 9. The van der Waals surface area contributed by atoms with E-state index in [0.29, 0.717) is 19.8 Å². The van der Waals surface area contributed by atoms with Crippen molar-refractivity contribution in [1.29, 1.82) is 0 Å². The van der Waals surface area contributed by atoms with Crippen molar-refractivity contribution in [3.05, 3.63) is 66.5 Å². The normalized spacial score (nSPS) is 19.2. The molecular formula is C43H55N9O5. The van der Waals surface area contributed by atoms with Crippen LogP contribution in [-0.4, -0.2) is 98.8 Å². The minimum absolute atomic E-state index is 0.0541. The molecule has 2 aromatic carbocycles. The topological polar surface area (TPSA) is 170 Å². The standard InChI is InChI=1S/C43H55N9O5/c1-7-25(3)37(46-24-56-5)41(53)52-18-10-12-36(52)40-47-31-16-15-29(21-33(31)48-40)32-20-27-13-14-28(19-30(27)22-44-32)34-23-45-39(49-34)35-11-9-17-51(35)42(54)38(26(4)8-2)50-43(55)57-6/h13-16,19-23,25-26,35-38,46H,7-12,17-18,24H2,1-6H3,(H,45,49)(H,47,48)(H,50,55)/t25-,26-,35+,36+,37+,38+/m1/s1. The zero-order valence-electron chi connectivity index (χ0n) is 33.8. The second kappa shape index (κ2) is 17.4. The number of fused-ring (bicyclic) bond motifs is 2. The van der Waals surface area contributed by atoms with Gasteiger partial charge in [-0.15, -0.1) is 0 Å². The fourth-order valence-corrected chi connectivity index (χ4v) is 8.26. The zero-order valence-corrected chi connectivity index (χ0v) is 33.8. The summed E-state index contributed by atoms with van der Waals surface area (Å²) in [6.07, 6.45) is 8.14. The summed E-state index contributed by atoms with van der Waals surface area (Å²) >= 11 is 0. The molecule has 0 saturated carbocycles. The first kappa shape index (κ1) is 39.9. The summed E-state index contributed by atoms with van der Waals surface area (Å²) < 4.78 is 10.1. The first-order valence-corrected chi connectivity index (χ1v) is 20.3. The average molecular weight is 778 g/mol. The van der Waals surface area contributed by atoms with E-state index in [0.717, 1.165) is 94.5 Å². The number of benzene rings is 2. The largest absolute Gasteiger partial charge is 0.453 e. The van der Waals surface area contributed by atoms with Crippen molar-refractivity contribution in [2.45, 2.75) is 90.4 Å². The smallest absolute Gasteiger partial charge is 0.407 e. The summed E-state index contributed by atoms with van der Waals surface area (Å²) in [6, 6.07) is 13.2. The van der Waals surface area contributed by atoms with E-state index >= 15 is 0 Å². The number of pyridine rings is 1. The number of likely N-dealkylation sites (tertiary alicyclic amines) is 2. The van der Waals surface area contributed by atoms with Gasteiger partial charge in [0.05, 0.1) is 60.6 Å². The number of amides is 3. The lowest BCUT2D eigenvalue weighted by Gasteiger charge is -2.31. The van der Waals surface area contributed by atoms with Gasteiger partial charge in [-0.1, -0.05) is 58.7 Å². The van der Waals surface area contributed by atoms with Crippen molar-refractivity contribution >= 4 is 39.7 Å². The molecule has 0 unspecified atom stereocenters. The Labute approximate surface area is 333 Å². The Kier molecular flexibility index (Phi) is 12.2. The second-order valence-corrected chi connectivity index (χ2v) is 15.5. The maximum atomic E-state index is 13.8. The van der Waals surface area contributed by atoms with Gasteiger partial charge in [-0.25, -0.2) is 14.8 Å². The number of H-pyrrole nitrogens is 2. The van der Waals surface area contributed by atoms with E-state index in [4.69, 9.17) is 24.4 Å². The van der Waals surface area contributed by atoms with Crippen LogP contribution in [0.4, 0.5) is 4.79 Å². The molecule has 5 aromatic rings. The number of carbonyl (C=O) groups excluding carboxylic acids is 3. The highest BCUT2D eigenvalue weighted by molar-refractivity contribution is 5.90. The molecule has 2 aliphatic heterocycles. The van der Waals surface area contributed by atoms with Crippen LogP contribution in [0.5, 0.6) is 0 Å². The van der Waals surface area contributed by atoms with Gasteiger partial charge in [0.25, 0.3) is 0 Å². The van der Waals surface area contributed by atoms with Crippen molar-refractivity contribution in [3.8, 4) is 22.5 Å². The number of aromatic nitrogens is 5. The molecule has 0 aliphatic carbocycles. The maximum absolute atomic E-state index is 13.8. The fourth-order valence-electron chi connectivity index (χ4n) is 8.26. The zero-order chi connectivity index (χ0) is 40.2. The number of imidazole rings is 2. The Balaban J connectivity index is 1.07. The van der Waals surface area contributed by atoms with Crippen LogP contribution in [0.25, 0.3) is 44.3 Å². The van der Waals surface area contributed by atoms with Crippen molar-refractivity contribution in [2.75, 3.05) is 34.0 Å². The molecular weight excluding hydrogens is 723 g/mol. The van der Waals surface area contributed by atoms with Crippen LogP contribution >= 0.6 is 0 Å². The highest BCUT2D eigenvalue weighted by atomic mass is 16.5. The maximum Gasteiger partial charge on any atom is 0.407 e. The first-order chi connectivity index (χ1) is 27.6. The number of aromatic amines is 2. The van der Waals surface area contributed by atoms with E-state index in [1.54, 1.807) is 7.11 Å². The molecule has 5 heterocycles. The quantitative estimate of drug-likeness (QED) is 0.0879. The average Bonchev–Trinajstić information content (AvgIpc) is 4.08.